The molecular weight excluding hydrogens is 358 g/mol. The van der Waals surface area contributed by atoms with Crippen LogP contribution in [0, 0.1) is 12.3 Å². The van der Waals surface area contributed by atoms with Gasteiger partial charge in [-0.1, -0.05) is 48.9 Å². The van der Waals surface area contributed by atoms with Gasteiger partial charge in [0, 0.05) is 24.5 Å². The van der Waals surface area contributed by atoms with Crippen molar-refractivity contribution in [1.82, 2.24) is 0 Å². The number of sulfone groups is 1. The standard InChI is InChI=1S/C22H29NO3S/c1-4-17-8-10-18(11-9-17)20-21(22(20,14-23)15-26-5-2)27(24,25)19-12-6-16(3)7-13-19/h6-13,20-21H,4-5,14-15,23H2,1-3H3/t20-,21+,22-/m1/s1. The molecule has 0 unspecified atom stereocenters. The molecule has 27 heavy (non-hydrogen) atoms. The van der Waals surface area contributed by atoms with E-state index in [-0.39, 0.29) is 12.5 Å². The summed E-state index contributed by atoms with van der Waals surface area (Å²) in [5.74, 6) is -0.147. The van der Waals surface area contributed by atoms with Crippen LogP contribution >= 0.6 is 0 Å². The Morgan fingerprint density at radius 3 is 2.19 bits per heavy atom. The summed E-state index contributed by atoms with van der Waals surface area (Å²) in [5, 5.41) is -0.559. The Morgan fingerprint density at radius 2 is 1.67 bits per heavy atom. The fraction of sp³-hybridized carbons (Fsp3) is 0.455. The van der Waals surface area contributed by atoms with E-state index < -0.39 is 20.5 Å². The van der Waals surface area contributed by atoms with Crippen LogP contribution in [0.4, 0.5) is 0 Å². The lowest BCUT2D eigenvalue weighted by molar-refractivity contribution is 0.101. The highest BCUT2D eigenvalue weighted by molar-refractivity contribution is 7.92. The van der Waals surface area contributed by atoms with Crippen molar-refractivity contribution in [3.63, 3.8) is 0 Å². The van der Waals surface area contributed by atoms with Gasteiger partial charge in [-0.3, -0.25) is 0 Å². The lowest BCUT2D eigenvalue weighted by Crippen LogP contribution is -2.29. The zero-order valence-electron chi connectivity index (χ0n) is 16.3. The number of nitrogens with two attached hydrogens (primary N) is 1. The fourth-order valence-electron chi connectivity index (χ4n) is 4.05. The Hall–Kier alpha value is -1.69. The van der Waals surface area contributed by atoms with Crippen molar-refractivity contribution in [2.24, 2.45) is 11.1 Å². The highest BCUT2D eigenvalue weighted by Gasteiger charge is 2.70. The Morgan fingerprint density at radius 1 is 1.04 bits per heavy atom. The van der Waals surface area contributed by atoms with E-state index in [1.54, 1.807) is 12.1 Å². The lowest BCUT2D eigenvalue weighted by atomic mass is 9.99. The second-order valence-electron chi connectivity index (χ2n) is 7.43. The number of benzene rings is 2. The van der Waals surface area contributed by atoms with Gasteiger partial charge in [0.15, 0.2) is 9.84 Å². The maximum absolute atomic E-state index is 13.4. The van der Waals surface area contributed by atoms with Crippen LogP contribution in [-0.4, -0.2) is 33.4 Å². The van der Waals surface area contributed by atoms with E-state index in [0.717, 1.165) is 17.5 Å². The predicted octanol–water partition coefficient (Wildman–Crippen LogP) is 3.48. The molecule has 0 aliphatic heterocycles. The van der Waals surface area contributed by atoms with E-state index in [1.165, 1.54) is 5.56 Å². The third kappa shape index (κ3) is 3.56. The molecule has 5 heteroatoms. The molecule has 1 aliphatic rings. The number of aryl methyl sites for hydroxylation is 2. The molecule has 2 aromatic rings. The largest absolute Gasteiger partial charge is 0.381 e. The molecule has 1 saturated carbocycles. The van der Waals surface area contributed by atoms with Crippen LogP contribution in [0.5, 0.6) is 0 Å². The molecule has 0 radical (unpaired) electrons. The van der Waals surface area contributed by atoms with Gasteiger partial charge in [0.1, 0.15) is 0 Å². The summed E-state index contributed by atoms with van der Waals surface area (Å²) in [6, 6.07) is 15.3. The molecule has 0 heterocycles. The minimum Gasteiger partial charge on any atom is -0.381 e. The van der Waals surface area contributed by atoms with E-state index in [0.29, 0.717) is 18.1 Å². The van der Waals surface area contributed by atoms with Crippen LogP contribution in [0.25, 0.3) is 0 Å². The smallest absolute Gasteiger partial charge is 0.182 e. The highest BCUT2D eigenvalue weighted by atomic mass is 32.2. The molecule has 0 bridgehead atoms. The summed E-state index contributed by atoms with van der Waals surface area (Å²) in [7, 11) is -3.51. The van der Waals surface area contributed by atoms with Crippen LogP contribution in [0.2, 0.25) is 0 Å². The summed E-state index contributed by atoms with van der Waals surface area (Å²) in [6.45, 7) is 7.15. The third-order valence-corrected chi connectivity index (χ3v) is 8.10. The molecule has 0 amide bonds. The average molecular weight is 388 g/mol. The normalized spacial score (nSPS) is 24.7. The minimum absolute atomic E-state index is 0.147. The molecule has 2 N–H and O–H groups in total. The van der Waals surface area contributed by atoms with E-state index in [1.807, 2.05) is 38.1 Å². The van der Waals surface area contributed by atoms with Crippen LogP contribution in [0.1, 0.15) is 36.5 Å². The van der Waals surface area contributed by atoms with Gasteiger partial charge in [-0.2, -0.15) is 0 Å². The second kappa shape index (κ2) is 7.74. The van der Waals surface area contributed by atoms with Crippen molar-refractivity contribution in [2.75, 3.05) is 19.8 Å². The first-order chi connectivity index (χ1) is 12.9. The molecule has 2 aromatic carbocycles. The van der Waals surface area contributed by atoms with E-state index in [4.69, 9.17) is 10.5 Å². The molecule has 0 spiro atoms. The van der Waals surface area contributed by atoms with Crippen molar-refractivity contribution in [1.29, 1.82) is 0 Å². The van der Waals surface area contributed by atoms with Crippen LogP contribution in [0.15, 0.2) is 53.4 Å². The van der Waals surface area contributed by atoms with E-state index >= 15 is 0 Å². The third-order valence-electron chi connectivity index (χ3n) is 5.77. The molecule has 1 aliphatic carbocycles. The zero-order chi connectivity index (χ0) is 19.7. The number of rotatable bonds is 8. The molecule has 1 fully saturated rings. The average Bonchev–Trinajstić information content (AvgIpc) is 3.37. The first-order valence-corrected chi connectivity index (χ1v) is 11.1. The van der Waals surface area contributed by atoms with E-state index in [9.17, 15) is 8.42 Å². The molecule has 146 valence electrons. The van der Waals surface area contributed by atoms with Gasteiger partial charge in [0.25, 0.3) is 0 Å². The van der Waals surface area contributed by atoms with Crippen molar-refractivity contribution in [3.05, 3.63) is 65.2 Å². The van der Waals surface area contributed by atoms with Gasteiger partial charge < -0.3 is 10.5 Å². The first-order valence-electron chi connectivity index (χ1n) is 9.58. The van der Waals surface area contributed by atoms with Crippen molar-refractivity contribution in [3.8, 4) is 0 Å². The molecule has 3 atom stereocenters. The lowest BCUT2D eigenvalue weighted by Gasteiger charge is -2.16. The first kappa shape index (κ1) is 20.1. The van der Waals surface area contributed by atoms with Crippen molar-refractivity contribution < 1.29 is 13.2 Å². The Kier molecular flexibility index (Phi) is 5.75. The van der Waals surface area contributed by atoms with Gasteiger partial charge in [0.05, 0.1) is 16.8 Å². The number of ether oxygens (including phenoxy) is 1. The maximum Gasteiger partial charge on any atom is 0.182 e. The SMILES string of the molecule is CCOC[C@]1(CN)[C@H](c2ccc(CC)cc2)[C@@H]1S(=O)(=O)c1ccc(C)cc1. The minimum atomic E-state index is -3.51. The van der Waals surface area contributed by atoms with Crippen LogP contribution < -0.4 is 5.73 Å². The monoisotopic (exact) mass is 387 g/mol. The second-order valence-corrected chi connectivity index (χ2v) is 9.50. The summed E-state index contributed by atoms with van der Waals surface area (Å²) in [5.41, 5.74) is 8.86. The summed E-state index contributed by atoms with van der Waals surface area (Å²) in [4.78, 5) is 0.361. The van der Waals surface area contributed by atoms with Gasteiger partial charge in [-0.15, -0.1) is 0 Å². The van der Waals surface area contributed by atoms with Crippen molar-refractivity contribution in [2.45, 2.75) is 43.3 Å². The topological polar surface area (TPSA) is 69.4 Å². The number of hydrogen-bond acceptors (Lipinski definition) is 4. The molecule has 3 rings (SSSR count). The highest BCUT2D eigenvalue weighted by Crippen LogP contribution is 2.63. The van der Waals surface area contributed by atoms with Crippen molar-refractivity contribution >= 4 is 9.84 Å². The quantitative estimate of drug-likeness (QED) is 0.753. The molecular formula is C22H29NO3S. The Labute approximate surface area is 162 Å². The fourth-order valence-corrected chi connectivity index (χ4v) is 6.49. The summed E-state index contributed by atoms with van der Waals surface area (Å²) in [6.07, 6.45) is 0.955. The summed E-state index contributed by atoms with van der Waals surface area (Å²) < 4.78 is 32.6. The van der Waals surface area contributed by atoms with Gasteiger partial charge in [-0.25, -0.2) is 8.42 Å². The summed E-state index contributed by atoms with van der Waals surface area (Å²) >= 11 is 0. The van der Waals surface area contributed by atoms with Crippen LogP contribution in [-0.2, 0) is 21.0 Å². The Balaban J connectivity index is 2.02. The van der Waals surface area contributed by atoms with Crippen LogP contribution in [0.3, 0.4) is 0 Å². The number of hydrogen-bond donors (Lipinski definition) is 1. The zero-order valence-corrected chi connectivity index (χ0v) is 17.1. The van der Waals surface area contributed by atoms with Gasteiger partial charge >= 0.3 is 0 Å². The molecule has 4 nitrogen and oxygen atoms in total. The molecule has 0 aromatic heterocycles. The van der Waals surface area contributed by atoms with E-state index in [2.05, 4.69) is 19.1 Å². The van der Waals surface area contributed by atoms with Gasteiger partial charge in [0.2, 0.25) is 0 Å². The van der Waals surface area contributed by atoms with Gasteiger partial charge in [-0.05, 0) is 43.5 Å². The molecule has 0 saturated heterocycles. The maximum atomic E-state index is 13.4. The Bertz CT molecular complexity index is 875. The predicted molar refractivity (Wildman–Crippen MR) is 109 cm³/mol.